The van der Waals surface area contributed by atoms with Crippen molar-refractivity contribution >= 4 is 12.0 Å². The number of carboxylic acid groups (broad SMARTS) is 1. The number of nitrogens with one attached hydrogen (secondary N) is 2. The van der Waals surface area contributed by atoms with Crippen LogP contribution in [0.25, 0.3) is 0 Å². The molecule has 0 bridgehead atoms. The van der Waals surface area contributed by atoms with Crippen LogP contribution in [0, 0.1) is 0 Å². The van der Waals surface area contributed by atoms with Crippen molar-refractivity contribution in [1.82, 2.24) is 20.4 Å². The van der Waals surface area contributed by atoms with Crippen molar-refractivity contribution in [3.63, 3.8) is 0 Å². The highest BCUT2D eigenvalue weighted by molar-refractivity contribution is 5.87. The van der Waals surface area contributed by atoms with Crippen molar-refractivity contribution in [2.24, 2.45) is 7.05 Å². The average Bonchev–Trinajstić information content (AvgIpc) is 2.66. The van der Waals surface area contributed by atoms with Crippen LogP contribution < -0.4 is 10.6 Å². The van der Waals surface area contributed by atoms with Gasteiger partial charge in [-0.1, -0.05) is 0 Å². The van der Waals surface area contributed by atoms with E-state index in [-0.39, 0.29) is 0 Å². The number of aromatic nitrogens is 2. The van der Waals surface area contributed by atoms with E-state index in [1.54, 1.807) is 24.0 Å². The lowest BCUT2D eigenvalue weighted by atomic mass is 9.77. The van der Waals surface area contributed by atoms with Crippen molar-refractivity contribution in [2.45, 2.75) is 31.3 Å². The summed E-state index contributed by atoms with van der Waals surface area (Å²) < 4.78 is 1.65. The van der Waals surface area contributed by atoms with Crippen molar-refractivity contribution in [3.8, 4) is 0 Å². The van der Waals surface area contributed by atoms with E-state index in [4.69, 9.17) is 5.11 Å². The Labute approximate surface area is 104 Å². The number of amides is 2. The van der Waals surface area contributed by atoms with Crippen molar-refractivity contribution in [3.05, 3.63) is 18.0 Å². The molecule has 98 valence electrons. The fourth-order valence-electron chi connectivity index (χ4n) is 1.93. The predicted octanol–water partition coefficient (Wildman–Crippen LogP) is 0.227. The van der Waals surface area contributed by atoms with E-state index >= 15 is 0 Å². The Morgan fingerprint density at radius 2 is 2.28 bits per heavy atom. The normalized spacial score (nSPS) is 16.7. The Morgan fingerprint density at radius 3 is 2.72 bits per heavy atom. The van der Waals surface area contributed by atoms with E-state index in [0.717, 1.165) is 12.1 Å². The fraction of sp³-hybridized carbons (Fsp3) is 0.545. The van der Waals surface area contributed by atoms with Crippen LogP contribution in [0.2, 0.25) is 0 Å². The highest BCUT2D eigenvalue weighted by atomic mass is 16.4. The first-order valence-electron chi connectivity index (χ1n) is 5.80. The summed E-state index contributed by atoms with van der Waals surface area (Å²) in [7, 11) is 1.78. The Bertz CT molecular complexity index is 465. The summed E-state index contributed by atoms with van der Waals surface area (Å²) in [5.74, 6) is -0.968. The van der Waals surface area contributed by atoms with Crippen LogP contribution in [-0.2, 0) is 18.4 Å². The third kappa shape index (κ3) is 2.29. The lowest BCUT2D eigenvalue weighted by Crippen LogP contribution is -2.61. The molecule has 0 spiro atoms. The SMILES string of the molecule is Cn1nccc1CNC(=O)NC1(C(=O)O)CCC1. The Morgan fingerprint density at radius 1 is 1.56 bits per heavy atom. The molecule has 1 aromatic rings. The summed E-state index contributed by atoms with van der Waals surface area (Å²) in [4.78, 5) is 22.7. The molecule has 1 aliphatic carbocycles. The van der Waals surface area contributed by atoms with Gasteiger partial charge in [0.2, 0.25) is 0 Å². The fourth-order valence-corrected chi connectivity index (χ4v) is 1.93. The van der Waals surface area contributed by atoms with Crippen LogP contribution in [-0.4, -0.2) is 32.4 Å². The molecule has 2 amide bonds. The molecule has 1 heterocycles. The molecule has 0 radical (unpaired) electrons. The zero-order valence-electron chi connectivity index (χ0n) is 10.1. The van der Waals surface area contributed by atoms with Gasteiger partial charge in [0.05, 0.1) is 12.2 Å². The molecule has 1 fully saturated rings. The topological polar surface area (TPSA) is 96.3 Å². The van der Waals surface area contributed by atoms with E-state index < -0.39 is 17.5 Å². The summed E-state index contributed by atoms with van der Waals surface area (Å²) >= 11 is 0. The molecule has 0 atom stereocenters. The van der Waals surface area contributed by atoms with E-state index in [2.05, 4.69) is 15.7 Å². The Balaban J connectivity index is 1.86. The maximum Gasteiger partial charge on any atom is 0.329 e. The Hall–Kier alpha value is -2.05. The van der Waals surface area contributed by atoms with Gasteiger partial charge in [0, 0.05) is 13.2 Å². The monoisotopic (exact) mass is 252 g/mol. The molecule has 18 heavy (non-hydrogen) atoms. The minimum atomic E-state index is -1.07. The number of carbonyl (C=O) groups is 2. The molecule has 7 nitrogen and oxygen atoms in total. The van der Waals surface area contributed by atoms with Gasteiger partial charge in [-0.25, -0.2) is 9.59 Å². The third-order valence-electron chi connectivity index (χ3n) is 3.32. The largest absolute Gasteiger partial charge is 0.480 e. The number of aliphatic carboxylic acids is 1. The summed E-state index contributed by atoms with van der Waals surface area (Å²) in [5, 5.41) is 18.2. The predicted molar refractivity (Wildman–Crippen MR) is 62.8 cm³/mol. The summed E-state index contributed by atoms with van der Waals surface area (Å²) in [6.45, 7) is 0.317. The molecule has 1 aromatic heterocycles. The average molecular weight is 252 g/mol. The number of hydrogen-bond donors (Lipinski definition) is 3. The number of rotatable bonds is 4. The second-order valence-electron chi connectivity index (χ2n) is 4.49. The maximum atomic E-state index is 11.6. The Kier molecular flexibility index (Phi) is 3.22. The number of aryl methyl sites for hydroxylation is 1. The molecule has 7 heteroatoms. The minimum absolute atomic E-state index is 0.317. The second-order valence-corrected chi connectivity index (χ2v) is 4.49. The third-order valence-corrected chi connectivity index (χ3v) is 3.32. The molecular formula is C11H16N4O3. The lowest BCUT2D eigenvalue weighted by Gasteiger charge is -2.38. The highest BCUT2D eigenvalue weighted by Gasteiger charge is 2.45. The number of carboxylic acids is 1. The van der Waals surface area contributed by atoms with Gasteiger partial charge >= 0.3 is 12.0 Å². The number of nitrogens with zero attached hydrogens (tertiary/aromatic N) is 2. The maximum absolute atomic E-state index is 11.6. The van der Waals surface area contributed by atoms with Gasteiger partial charge in [0.25, 0.3) is 0 Å². The van der Waals surface area contributed by atoms with Crippen LogP contribution in [0.15, 0.2) is 12.3 Å². The van der Waals surface area contributed by atoms with Crippen LogP contribution in [0.4, 0.5) is 4.79 Å². The van der Waals surface area contributed by atoms with Crippen LogP contribution in [0.5, 0.6) is 0 Å². The van der Waals surface area contributed by atoms with E-state index in [0.29, 0.717) is 19.4 Å². The standard InChI is InChI=1S/C11H16N4O3/c1-15-8(3-6-13-15)7-12-10(18)14-11(9(16)17)4-2-5-11/h3,6H,2,4-5,7H2,1H3,(H,16,17)(H2,12,14,18). The van der Waals surface area contributed by atoms with Gasteiger partial charge in [-0.05, 0) is 25.3 Å². The number of carbonyl (C=O) groups excluding carboxylic acids is 1. The van der Waals surface area contributed by atoms with Gasteiger partial charge in [-0.3, -0.25) is 4.68 Å². The molecule has 0 saturated heterocycles. The quantitative estimate of drug-likeness (QED) is 0.714. The molecule has 0 unspecified atom stereocenters. The first kappa shape index (κ1) is 12.4. The van der Waals surface area contributed by atoms with E-state index in [1.807, 2.05) is 0 Å². The summed E-state index contributed by atoms with van der Waals surface area (Å²) in [5.41, 5.74) is -0.223. The lowest BCUT2D eigenvalue weighted by molar-refractivity contribution is -0.148. The minimum Gasteiger partial charge on any atom is -0.480 e. The number of hydrogen-bond acceptors (Lipinski definition) is 3. The molecule has 2 rings (SSSR count). The first-order valence-corrected chi connectivity index (χ1v) is 5.80. The van der Waals surface area contributed by atoms with Crippen molar-refractivity contribution < 1.29 is 14.7 Å². The first-order chi connectivity index (χ1) is 8.53. The zero-order valence-corrected chi connectivity index (χ0v) is 10.1. The van der Waals surface area contributed by atoms with Gasteiger partial charge in [0.1, 0.15) is 5.54 Å². The second kappa shape index (κ2) is 4.67. The molecule has 1 aliphatic rings. The van der Waals surface area contributed by atoms with Crippen molar-refractivity contribution in [1.29, 1.82) is 0 Å². The summed E-state index contributed by atoms with van der Waals surface area (Å²) in [6, 6.07) is 1.33. The highest BCUT2D eigenvalue weighted by Crippen LogP contribution is 2.31. The van der Waals surface area contributed by atoms with Gasteiger partial charge in [0.15, 0.2) is 0 Å². The molecule has 1 saturated carbocycles. The van der Waals surface area contributed by atoms with E-state index in [9.17, 15) is 9.59 Å². The van der Waals surface area contributed by atoms with E-state index in [1.165, 1.54) is 0 Å². The molecule has 3 N–H and O–H groups in total. The van der Waals surface area contributed by atoms with Gasteiger partial charge in [-0.2, -0.15) is 5.10 Å². The van der Waals surface area contributed by atoms with Crippen LogP contribution in [0.3, 0.4) is 0 Å². The molecular weight excluding hydrogens is 236 g/mol. The number of urea groups is 1. The molecule has 0 aliphatic heterocycles. The zero-order chi connectivity index (χ0) is 13.2. The van der Waals surface area contributed by atoms with Crippen molar-refractivity contribution in [2.75, 3.05) is 0 Å². The van der Waals surface area contributed by atoms with Gasteiger partial charge in [-0.15, -0.1) is 0 Å². The van der Waals surface area contributed by atoms with Crippen LogP contribution >= 0.6 is 0 Å². The smallest absolute Gasteiger partial charge is 0.329 e. The summed E-state index contributed by atoms with van der Waals surface area (Å²) in [6.07, 6.45) is 3.44. The van der Waals surface area contributed by atoms with Gasteiger partial charge < -0.3 is 15.7 Å². The van der Waals surface area contributed by atoms with Crippen LogP contribution in [0.1, 0.15) is 25.0 Å². The molecule has 0 aromatic carbocycles.